The molecule has 92 valence electrons. The van der Waals surface area contributed by atoms with Crippen LogP contribution in [0.1, 0.15) is 18.5 Å². The molecule has 16 heavy (non-hydrogen) atoms. The maximum atomic E-state index is 5.72. The van der Waals surface area contributed by atoms with Crippen molar-refractivity contribution in [2.45, 2.75) is 25.9 Å². The molecule has 4 nitrogen and oxygen atoms in total. The van der Waals surface area contributed by atoms with Crippen molar-refractivity contribution in [3.8, 4) is 5.88 Å². The molecule has 0 aromatic carbocycles. The summed E-state index contributed by atoms with van der Waals surface area (Å²) in [7, 11) is 0. The maximum absolute atomic E-state index is 5.72. The van der Waals surface area contributed by atoms with E-state index in [0.717, 1.165) is 25.2 Å². The lowest BCUT2D eigenvalue weighted by Crippen LogP contribution is -2.37. The Morgan fingerprint density at radius 2 is 2.19 bits per heavy atom. The third kappa shape index (κ3) is 4.51. The first kappa shape index (κ1) is 15.4. The van der Waals surface area contributed by atoms with E-state index in [1.54, 1.807) is 6.33 Å². The summed E-state index contributed by atoms with van der Waals surface area (Å²) in [5, 5.41) is 3.30. The van der Waals surface area contributed by atoms with Crippen LogP contribution in [0.15, 0.2) is 12.4 Å². The molecule has 2 heterocycles. The average molecular weight is 266 g/mol. The summed E-state index contributed by atoms with van der Waals surface area (Å²) < 4.78 is 5.72. The molecule has 1 aromatic heterocycles. The van der Waals surface area contributed by atoms with Crippen LogP contribution < -0.4 is 10.1 Å². The second-order valence-electron chi connectivity index (χ2n) is 3.58. The Balaban J connectivity index is 0.00000112. The van der Waals surface area contributed by atoms with Crippen LogP contribution in [-0.4, -0.2) is 29.2 Å². The van der Waals surface area contributed by atoms with E-state index < -0.39 is 0 Å². The van der Waals surface area contributed by atoms with E-state index in [9.17, 15) is 0 Å². The van der Waals surface area contributed by atoms with Gasteiger partial charge in [0, 0.05) is 18.3 Å². The number of aryl methyl sites for hydroxylation is 1. The summed E-state index contributed by atoms with van der Waals surface area (Å²) in [5.41, 5.74) is 0.943. The molecule has 0 radical (unpaired) electrons. The van der Waals surface area contributed by atoms with Gasteiger partial charge in [-0.2, -0.15) is 0 Å². The van der Waals surface area contributed by atoms with Crippen molar-refractivity contribution in [3.63, 3.8) is 0 Å². The van der Waals surface area contributed by atoms with Crippen molar-refractivity contribution >= 4 is 24.8 Å². The number of hydrogen-bond donors (Lipinski definition) is 1. The number of ether oxygens (including phenoxy) is 1. The van der Waals surface area contributed by atoms with E-state index in [0.29, 0.717) is 5.88 Å². The normalized spacial score (nSPS) is 19.2. The molecule has 1 saturated heterocycles. The molecule has 1 unspecified atom stereocenters. The lowest BCUT2D eigenvalue weighted by Gasteiger charge is -2.23. The fraction of sp³-hybridized carbons (Fsp3) is 0.600. The Labute approximate surface area is 108 Å². The fourth-order valence-electron chi connectivity index (χ4n) is 1.59. The van der Waals surface area contributed by atoms with Crippen molar-refractivity contribution in [2.75, 3.05) is 13.1 Å². The van der Waals surface area contributed by atoms with E-state index in [1.165, 1.54) is 6.42 Å². The molecule has 1 fully saturated rings. The van der Waals surface area contributed by atoms with Gasteiger partial charge in [0.25, 0.3) is 0 Å². The van der Waals surface area contributed by atoms with Crippen molar-refractivity contribution in [2.24, 2.45) is 0 Å². The average Bonchev–Trinajstić information content (AvgIpc) is 2.19. The van der Waals surface area contributed by atoms with E-state index in [2.05, 4.69) is 15.3 Å². The van der Waals surface area contributed by atoms with Gasteiger partial charge in [-0.15, -0.1) is 24.8 Å². The zero-order chi connectivity index (χ0) is 9.80. The highest BCUT2D eigenvalue weighted by Gasteiger charge is 2.14. The second-order valence-corrected chi connectivity index (χ2v) is 3.58. The van der Waals surface area contributed by atoms with Crippen LogP contribution >= 0.6 is 24.8 Å². The molecule has 1 atom stereocenters. The molecule has 0 bridgehead atoms. The molecule has 0 spiro atoms. The van der Waals surface area contributed by atoms with Crippen LogP contribution in [0.25, 0.3) is 0 Å². The van der Waals surface area contributed by atoms with Gasteiger partial charge in [0.1, 0.15) is 12.4 Å². The quantitative estimate of drug-likeness (QED) is 0.886. The highest BCUT2D eigenvalue weighted by Crippen LogP contribution is 2.12. The lowest BCUT2D eigenvalue weighted by molar-refractivity contribution is 0.160. The van der Waals surface area contributed by atoms with Gasteiger partial charge in [-0.05, 0) is 26.3 Å². The minimum Gasteiger partial charge on any atom is -0.473 e. The Morgan fingerprint density at radius 3 is 2.81 bits per heavy atom. The fourth-order valence-corrected chi connectivity index (χ4v) is 1.59. The predicted octanol–water partition coefficient (Wildman–Crippen LogP) is 1.76. The monoisotopic (exact) mass is 265 g/mol. The molecular formula is C10H17Cl2N3O. The minimum atomic E-state index is 0. The molecule has 1 aliphatic rings. The maximum Gasteiger partial charge on any atom is 0.216 e. The number of nitrogens with zero attached hydrogens (tertiary/aromatic N) is 2. The van der Waals surface area contributed by atoms with Crippen LogP contribution in [0.5, 0.6) is 5.88 Å². The van der Waals surface area contributed by atoms with Crippen LogP contribution in [0.2, 0.25) is 0 Å². The van der Waals surface area contributed by atoms with Crippen LogP contribution in [0.4, 0.5) is 0 Å². The largest absolute Gasteiger partial charge is 0.473 e. The Bertz CT molecular complexity index is 306. The van der Waals surface area contributed by atoms with Gasteiger partial charge in [-0.1, -0.05) is 0 Å². The van der Waals surface area contributed by atoms with E-state index in [1.807, 2.05) is 13.0 Å². The van der Waals surface area contributed by atoms with E-state index >= 15 is 0 Å². The summed E-state index contributed by atoms with van der Waals surface area (Å²) >= 11 is 0. The summed E-state index contributed by atoms with van der Waals surface area (Å²) in [6.07, 6.45) is 4.09. The van der Waals surface area contributed by atoms with Crippen LogP contribution in [-0.2, 0) is 0 Å². The highest BCUT2D eigenvalue weighted by atomic mass is 35.5. The lowest BCUT2D eigenvalue weighted by atomic mass is 10.1. The van der Waals surface area contributed by atoms with Crippen molar-refractivity contribution in [3.05, 3.63) is 18.1 Å². The van der Waals surface area contributed by atoms with Crippen LogP contribution in [0.3, 0.4) is 0 Å². The standard InChI is InChI=1S/C10H15N3O.2ClH/c1-8-5-10(13-7-12-8)14-9-3-2-4-11-6-9;;/h5,7,9,11H,2-4,6H2,1H3;2*1H. The number of hydrogen-bond acceptors (Lipinski definition) is 4. The van der Waals surface area contributed by atoms with Gasteiger partial charge in [0.05, 0.1) is 0 Å². The third-order valence-corrected chi connectivity index (χ3v) is 2.32. The van der Waals surface area contributed by atoms with Crippen LogP contribution in [0, 0.1) is 6.92 Å². The minimum absolute atomic E-state index is 0. The number of piperidine rings is 1. The van der Waals surface area contributed by atoms with Gasteiger partial charge in [-0.25, -0.2) is 9.97 Å². The zero-order valence-electron chi connectivity index (χ0n) is 9.18. The summed E-state index contributed by atoms with van der Waals surface area (Å²) in [5.74, 6) is 0.686. The zero-order valence-corrected chi connectivity index (χ0v) is 10.8. The Morgan fingerprint density at radius 1 is 1.38 bits per heavy atom. The molecule has 0 aliphatic carbocycles. The van der Waals surface area contributed by atoms with Crippen molar-refractivity contribution in [1.82, 2.24) is 15.3 Å². The Hall–Kier alpha value is -0.580. The second kappa shape index (κ2) is 7.65. The SMILES string of the molecule is Cc1cc(OC2CCCNC2)ncn1.Cl.Cl. The predicted molar refractivity (Wildman–Crippen MR) is 67.8 cm³/mol. The van der Waals surface area contributed by atoms with Gasteiger partial charge >= 0.3 is 0 Å². The smallest absolute Gasteiger partial charge is 0.216 e. The van der Waals surface area contributed by atoms with Gasteiger partial charge in [0.2, 0.25) is 5.88 Å². The number of nitrogens with one attached hydrogen (secondary N) is 1. The number of rotatable bonds is 2. The number of aromatic nitrogens is 2. The molecule has 2 rings (SSSR count). The summed E-state index contributed by atoms with van der Waals surface area (Å²) in [6.45, 7) is 3.96. The molecular weight excluding hydrogens is 249 g/mol. The number of halogens is 2. The van der Waals surface area contributed by atoms with Crippen molar-refractivity contribution in [1.29, 1.82) is 0 Å². The molecule has 1 aliphatic heterocycles. The van der Waals surface area contributed by atoms with Gasteiger partial charge in [0.15, 0.2) is 0 Å². The highest BCUT2D eigenvalue weighted by molar-refractivity contribution is 5.85. The first-order chi connectivity index (χ1) is 6.84. The van der Waals surface area contributed by atoms with E-state index in [4.69, 9.17) is 4.74 Å². The molecule has 1 aromatic rings. The summed E-state index contributed by atoms with van der Waals surface area (Å²) in [4.78, 5) is 8.10. The van der Waals surface area contributed by atoms with E-state index in [-0.39, 0.29) is 30.9 Å². The molecule has 0 amide bonds. The van der Waals surface area contributed by atoms with Gasteiger partial charge in [-0.3, -0.25) is 0 Å². The van der Waals surface area contributed by atoms with Gasteiger partial charge < -0.3 is 10.1 Å². The third-order valence-electron chi connectivity index (χ3n) is 2.32. The first-order valence-electron chi connectivity index (χ1n) is 5.00. The molecule has 0 saturated carbocycles. The summed E-state index contributed by atoms with van der Waals surface area (Å²) in [6, 6.07) is 1.87. The molecule has 1 N–H and O–H groups in total. The molecule has 6 heteroatoms. The van der Waals surface area contributed by atoms with Crippen molar-refractivity contribution < 1.29 is 4.74 Å². The topological polar surface area (TPSA) is 47.0 Å². The first-order valence-corrected chi connectivity index (χ1v) is 5.00. The Kier molecular flexibility index (Phi) is 7.38.